The van der Waals surface area contributed by atoms with Crippen molar-refractivity contribution in [2.24, 2.45) is 0 Å². The number of carbonyl (C=O) groups is 1. The highest BCUT2D eigenvalue weighted by Crippen LogP contribution is 2.18. The predicted molar refractivity (Wildman–Crippen MR) is 112 cm³/mol. The van der Waals surface area contributed by atoms with Crippen LogP contribution in [0, 0.1) is 0 Å². The molecule has 7 nitrogen and oxygen atoms in total. The molecular formula is C20H28N4O3S. The van der Waals surface area contributed by atoms with Gasteiger partial charge < -0.3 is 10.1 Å². The number of aromatic nitrogens is 2. The van der Waals surface area contributed by atoms with Gasteiger partial charge in [-0.05, 0) is 32.9 Å². The molecule has 0 radical (unpaired) electrons. The predicted octanol–water partition coefficient (Wildman–Crippen LogP) is 1.74. The number of morpholine rings is 1. The zero-order valence-electron chi connectivity index (χ0n) is 16.7. The molecule has 1 aromatic carbocycles. The summed E-state index contributed by atoms with van der Waals surface area (Å²) in [4.78, 5) is 32.0. The van der Waals surface area contributed by atoms with E-state index < -0.39 is 0 Å². The minimum Gasteiger partial charge on any atom is -0.379 e. The SMILES string of the molecule is CCn1c(SCC(=O)NCC(C)(C)N2CCOCC2)nc2ccccc2c1=O. The van der Waals surface area contributed by atoms with E-state index >= 15 is 0 Å². The highest BCUT2D eigenvalue weighted by atomic mass is 32.2. The van der Waals surface area contributed by atoms with Crippen LogP contribution >= 0.6 is 11.8 Å². The molecule has 0 aliphatic carbocycles. The number of nitrogens with one attached hydrogen (secondary N) is 1. The number of hydrogen-bond donors (Lipinski definition) is 1. The Kier molecular flexibility index (Phi) is 6.74. The largest absolute Gasteiger partial charge is 0.379 e. The Morgan fingerprint density at radius 3 is 2.71 bits per heavy atom. The lowest BCUT2D eigenvalue weighted by Gasteiger charge is -2.40. The summed E-state index contributed by atoms with van der Waals surface area (Å²) in [5.41, 5.74) is 0.467. The Morgan fingerprint density at radius 2 is 2.00 bits per heavy atom. The molecule has 152 valence electrons. The standard InChI is InChI=1S/C20H28N4O3S/c1-4-24-18(26)15-7-5-6-8-16(15)22-19(24)28-13-17(25)21-14-20(2,3)23-9-11-27-12-10-23/h5-8H,4,9-14H2,1-3H3,(H,21,25). The highest BCUT2D eigenvalue weighted by molar-refractivity contribution is 7.99. The molecule has 0 spiro atoms. The van der Waals surface area contributed by atoms with Crippen LogP contribution in [-0.4, -0.2) is 64.5 Å². The van der Waals surface area contributed by atoms with Crippen LogP contribution in [0.15, 0.2) is 34.2 Å². The molecule has 0 saturated carbocycles. The number of benzene rings is 1. The summed E-state index contributed by atoms with van der Waals surface area (Å²) in [7, 11) is 0. The molecular weight excluding hydrogens is 376 g/mol. The second-order valence-electron chi connectivity index (χ2n) is 7.44. The molecule has 0 bridgehead atoms. The molecule has 3 rings (SSSR count). The molecule has 1 aliphatic heterocycles. The fourth-order valence-electron chi connectivity index (χ4n) is 3.31. The maximum atomic E-state index is 12.7. The molecule has 1 aliphatic rings. The Hall–Kier alpha value is -1.90. The molecule has 1 fully saturated rings. The van der Waals surface area contributed by atoms with E-state index in [0.717, 1.165) is 26.3 Å². The van der Waals surface area contributed by atoms with E-state index in [1.54, 1.807) is 10.6 Å². The lowest BCUT2D eigenvalue weighted by atomic mass is 10.0. The van der Waals surface area contributed by atoms with Gasteiger partial charge in [-0.2, -0.15) is 0 Å². The summed E-state index contributed by atoms with van der Waals surface area (Å²) in [5.74, 6) is 0.167. The summed E-state index contributed by atoms with van der Waals surface area (Å²) in [6.07, 6.45) is 0. The lowest BCUT2D eigenvalue weighted by molar-refractivity contribution is -0.119. The summed E-state index contributed by atoms with van der Waals surface area (Å²) in [6.45, 7) is 10.5. The van der Waals surface area contributed by atoms with E-state index in [1.165, 1.54) is 11.8 Å². The average Bonchev–Trinajstić information content (AvgIpc) is 2.71. The molecule has 28 heavy (non-hydrogen) atoms. The van der Waals surface area contributed by atoms with Gasteiger partial charge in [0.1, 0.15) is 0 Å². The normalized spacial score (nSPS) is 15.7. The van der Waals surface area contributed by atoms with E-state index in [4.69, 9.17) is 4.74 Å². The molecule has 1 saturated heterocycles. The van der Waals surface area contributed by atoms with Gasteiger partial charge in [-0.25, -0.2) is 4.98 Å². The zero-order chi connectivity index (χ0) is 20.1. The van der Waals surface area contributed by atoms with Crippen LogP contribution in [0.4, 0.5) is 0 Å². The topological polar surface area (TPSA) is 76.5 Å². The smallest absolute Gasteiger partial charge is 0.262 e. The van der Waals surface area contributed by atoms with E-state index in [1.807, 2.05) is 25.1 Å². The number of nitrogens with zero attached hydrogens (tertiary/aromatic N) is 3. The number of ether oxygens (including phenoxy) is 1. The molecule has 1 N–H and O–H groups in total. The summed E-state index contributed by atoms with van der Waals surface area (Å²) >= 11 is 1.30. The van der Waals surface area contributed by atoms with Crippen molar-refractivity contribution >= 4 is 28.6 Å². The van der Waals surface area contributed by atoms with E-state index in [-0.39, 0.29) is 22.8 Å². The van der Waals surface area contributed by atoms with Crippen molar-refractivity contribution in [1.82, 2.24) is 19.8 Å². The van der Waals surface area contributed by atoms with Gasteiger partial charge in [-0.1, -0.05) is 23.9 Å². The maximum absolute atomic E-state index is 12.7. The molecule has 8 heteroatoms. The average molecular weight is 405 g/mol. The first kappa shape index (κ1) is 20.8. The first-order chi connectivity index (χ1) is 13.4. The van der Waals surface area contributed by atoms with E-state index in [0.29, 0.717) is 29.1 Å². The first-order valence-corrected chi connectivity index (χ1v) is 10.6. The monoisotopic (exact) mass is 404 g/mol. The fraction of sp³-hybridized carbons (Fsp3) is 0.550. The van der Waals surface area contributed by atoms with Crippen LogP contribution < -0.4 is 10.9 Å². The van der Waals surface area contributed by atoms with Gasteiger partial charge >= 0.3 is 0 Å². The number of fused-ring (bicyclic) bond motifs is 1. The third-order valence-corrected chi connectivity index (χ3v) is 6.04. The molecule has 1 amide bonds. The molecule has 0 unspecified atom stereocenters. The molecule has 1 aromatic heterocycles. The number of amides is 1. The van der Waals surface area contributed by atoms with Crippen LogP contribution in [0.25, 0.3) is 10.9 Å². The summed E-state index contributed by atoms with van der Waals surface area (Å²) in [6, 6.07) is 7.30. The minimum absolute atomic E-state index is 0.0589. The van der Waals surface area contributed by atoms with Gasteiger partial charge in [0, 0.05) is 31.7 Å². The van der Waals surface area contributed by atoms with Gasteiger partial charge in [-0.15, -0.1) is 0 Å². The third kappa shape index (κ3) is 4.74. The second-order valence-corrected chi connectivity index (χ2v) is 8.38. The number of rotatable bonds is 7. The van der Waals surface area contributed by atoms with Crippen molar-refractivity contribution in [3.05, 3.63) is 34.6 Å². The quantitative estimate of drug-likeness (QED) is 0.560. The number of hydrogen-bond acceptors (Lipinski definition) is 6. The van der Waals surface area contributed by atoms with Crippen molar-refractivity contribution in [3.8, 4) is 0 Å². The van der Waals surface area contributed by atoms with Crippen LogP contribution in [0.1, 0.15) is 20.8 Å². The van der Waals surface area contributed by atoms with E-state index in [9.17, 15) is 9.59 Å². The number of para-hydroxylation sites is 1. The highest BCUT2D eigenvalue weighted by Gasteiger charge is 2.28. The van der Waals surface area contributed by atoms with E-state index in [2.05, 4.69) is 29.0 Å². The van der Waals surface area contributed by atoms with Crippen molar-refractivity contribution in [3.63, 3.8) is 0 Å². The lowest BCUT2D eigenvalue weighted by Crippen LogP contribution is -2.55. The van der Waals surface area contributed by atoms with Crippen LogP contribution in [0.5, 0.6) is 0 Å². The summed E-state index contributed by atoms with van der Waals surface area (Å²) in [5, 5.41) is 4.20. The Morgan fingerprint density at radius 1 is 1.29 bits per heavy atom. The van der Waals surface area contributed by atoms with Crippen molar-refractivity contribution in [1.29, 1.82) is 0 Å². The Balaban J connectivity index is 1.62. The minimum atomic E-state index is -0.128. The van der Waals surface area contributed by atoms with Gasteiger partial charge in [0.15, 0.2) is 5.16 Å². The maximum Gasteiger partial charge on any atom is 0.262 e. The molecule has 0 atom stereocenters. The molecule has 2 heterocycles. The van der Waals surface area contributed by atoms with Crippen LogP contribution in [-0.2, 0) is 16.1 Å². The van der Waals surface area contributed by atoms with Gasteiger partial charge in [0.25, 0.3) is 5.56 Å². The van der Waals surface area contributed by atoms with Crippen molar-refractivity contribution in [2.45, 2.75) is 38.0 Å². The fourth-order valence-corrected chi connectivity index (χ4v) is 4.21. The van der Waals surface area contributed by atoms with Gasteiger partial charge in [0.2, 0.25) is 5.91 Å². The van der Waals surface area contributed by atoms with Crippen molar-refractivity contribution < 1.29 is 9.53 Å². The van der Waals surface area contributed by atoms with Crippen molar-refractivity contribution in [2.75, 3.05) is 38.6 Å². The number of carbonyl (C=O) groups excluding carboxylic acids is 1. The van der Waals surface area contributed by atoms with Crippen LogP contribution in [0.3, 0.4) is 0 Å². The Labute approximate surface area is 169 Å². The van der Waals surface area contributed by atoms with Gasteiger partial charge in [0.05, 0.1) is 29.9 Å². The van der Waals surface area contributed by atoms with Crippen LogP contribution in [0.2, 0.25) is 0 Å². The molecule has 2 aromatic rings. The third-order valence-electron chi connectivity index (χ3n) is 5.06. The summed E-state index contributed by atoms with van der Waals surface area (Å²) < 4.78 is 7.03. The zero-order valence-corrected chi connectivity index (χ0v) is 17.6. The van der Waals surface area contributed by atoms with Gasteiger partial charge in [-0.3, -0.25) is 19.1 Å². The first-order valence-electron chi connectivity index (χ1n) is 9.64. The Bertz CT molecular complexity index is 891. The number of thioether (sulfide) groups is 1. The second kappa shape index (κ2) is 9.07.